The van der Waals surface area contributed by atoms with E-state index in [2.05, 4.69) is 12.7 Å². The molecule has 1 aliphatic carbocycles. The molecule has 1 heterocycles. The van der Waals surface area contributed by atoms with Gasteiger partial charge in [-0.15, -0.1) is 0 Å². The Bertz CT molecular complexity index is 642. The van der Waals surface area contributed by atoms with E-state index in [-0.39, 0.29) is 12.6 Å². The van der Waals surface area contributed by atoms with Gasteiger partial charge in [0.2, 0.25) is 0 Å². The molecule has 1 saturated heterocycles. The molecule has 6 heteroatoms. The van der Waals surface area contributed by atoms with Crippen molar-refractivity contribution in [2.75, 3.05) is 6.61 Å². The Morgan fingerprint density at radius 1 is 1.32 bits per heavy atom. The Hall–Kier alpha value is -2.37. The summed E-state index contributed by atoms with van der Waals surface area (Å²) in [5, 5.41) is 0. The standard InChI is InChI=1S/C19H24O6/c1-11-6-5-7-15(10-23-13(3)20)9-17-18(12(2)19(22)25-17)16(8-11)24-14(4)21/h6,9,16-18H,2,5,7-8,10H2,1,3-4H3/b11-6-,15-9+/t16?,17-,18-/m1/s1. The van der Waals surface area contributed by atoms with Crippen molar-refractivity contribution in [1.82, 2.24) is 0 Å². The summed E-state index contributed by atoms with van der Waals surface area (Å²) < 4.78 is 16.0. The normalized spacial score (nSPS) is 30.9. The van der Waals surface area contributed by atoms with Gasteiger partial charge in [0.05, 0.1) is 5.92 Å². The van der Waals surface area contributed by atoms with Crippen molar-refractivity contribution in [3.8, 4) is 0 Å². The summed E-state index contributed by atoms with van der Waals surface area (Å²) in [6.07, 6.45) is 4.73. The van der Waals surface area contributed by atoms with Gasteiger partial charge in [-0.25, -0.2) is 4.79 Å². The molecule has 0 aromatic rings. The van der Waals surface area contributed by atoms with Crippen molar-refractivity contribution >= 4 is 17.9 Å². The van der Waals surface area contributed by atoms with Crippen LogP contribution in [-0.4, -0.2) is 36.7 Å². The van der Waals surface area contributed by atoms with E-state index in [1.807, 2.05) is 6.92 Å². The van der Waals surface area contributed by atoms with Gasteiger partial charge < -0.3 is 14.2 Å². The lowest BCUT2D eigenvalue weighted by Crippen LogP contribution is -2.33. The van der Waals surface area contributed by atoms with Crippen molar-refractivity contribution < 1.29 is 28.6 Å². The van der Waals surface area contributed by atoms with Crippen LogP contribution in [0.4, 0.5) is 0 Å². The van der Waals surface area contributed by atoms with E-state index < -0.39 is 30.1 Å². The number of hydrogen-bond donors (Lipinski definition) is 0. The highest BCUT2D eigenvalue weighted by molar-refractivity contribution is 5.91. The molecule has 0 N–H and O–H groups in total. The minimum absolute atomic E-state index is 0.147. The van der Waals surface area contributed by atoms with Gasteiger partial charge in [0.25, 0.3) is 0 Å². The fourth-order valence-corrected chi connectivity index (χ4v) is 3.17. The average Bonchev–Trinajstić information content (AvgIpc) is 2.77. The van der Waals surface area contributed by atoms with Gasteiger partial charge >= 0.3 is 17.9 Å². The topological polar surface area (TPSA) is 78.9 Å². The molecule has 0 saturated carbocycles. The van der Waals surface area contributed by atoms with E-state index in [1.54, 1.807) is 6.08 Å². The number of ether oxygens (including phenoxy) is 3. The second-order valence-corrected chi connectivity index (χ2v) is 6.47. The number of esters is 3. The minimum atomic E-state index is -0.583. The molecule has 25 heavy (non-hydrogen) atoms. The molecule has 1 aliphatic heterocycles. The van der Waals surface area contributed by atoms with E-state index in [9.17, 15) is 14.4 Å². The third-order valence-electron chi connectivity index (χ3n) is 4.32. The predicted octanol–water partition coefficient (Wildman–Crippen LogP) is 2.64. The molecule has 0 bridgehead atoms. The third-order valence-corrected chi connectivity index (χ3v) is 4.32. The van der Waals surface area contributed by atoms with Crippen molar-refractivity contribution in [1.29, 1.82) is 0 Å². The molecule has 2 aliphatic rings. The van der Waals surface area contributed by atoms with Crippen LogP contribution in [-0.2, 0) is 28.6 Å². The number of hydrogen-bond acceptors (Lipinski definition) is 6. The first-order valence-corrected chi connectivity index (χ1v) is 8.33. The van der Waals surface area contributed by atoms with Crippen LogP contribution in [0.15, 0.2) is 35.5 Å². The van der Waals surface area contributed by atoms with Crippen LogP contribution in [0.5, 0.6) is 0 Å². The molecular formula is C19H24O6. The van der Waals surface area contributed by atoms with E-state index >= 15 is 0 Å². The minimum Gasteiger partial charge on any atom is -0.461 e. The average molecular weight is 348 g/mol. The monoisotopic (exact) mass is 348 g/mol. The fraction of sp³-hybridized carbons (Fsp3) is 0.526. The Kier molecular flexibility index (Phi) is 6.17. The maximum atomic E-state index is 12.0. The molecule has 2 rings (SSSR count). The summed E-state index contributed by atoms with van der Waals surface area (Å²) in [4.78, 5) is 34.7. The lowest BCUT2D eigenvalue weighted by Gasteiger charge is -2.27. The van der Waals surface area contributed by atoms with Crippen molar-refractivity contribution in [3.05, 3.63) is 35.5 Å². The molecule has 3 atom stereocenters. The lowest BCUT2D eigenvalue weighted by atomic mass is 9.85. The quantitative estimate of drug-likeness (QED) is 0.338. The zero-order valence-electron chi connectivity index (χ0n) is 14.9. The highest BCUT2D eigenvalue weighted by Crippen LogP contribution is 2.36. The molecule has 0 aromatic heterocycles. The molecule has 0 radical (unpaired) electrons. The lowest BCUT2D eigenvalue weighted by molar-refractivity contribution is -0.149. The van der Waals surface area contributed by atoms with Gasteiger partial charge in [-0.05, 0) is 31.4 Å². The Morgan fingerprint density at radius 2 is 2.04 bits per heavy atom. The molecule has 1 unspecified atom stereocenters. The summed E-state index contributed by atoms with van der Waals surface area (Å²) in [7, 11) is 0. The van der Waals surface area contributed by atoms with Crippen molar-refractivity contribution in [2.45, 2.75) is 52.2 Å². The second-order valence-electron chi connectivity index (χ2n) is 6.47. The van der Waals surface area contributed by atoms with Crippen LogP contribution in [0, 0.1) is 5.92 Å². The first-order chi connectivity index (χ1) is 11.8. The maximum absolute atomic E-state index is 12.0. The number of rotatable bonds is 3. The maximum Gasteiger partial charge on any atom is 0.334 e. The summed E-state index contributed by atoms with van der Waals surface area (Å²) in [6.45, 7) is 8.63. The first kappa shape index (κ1) is 19.0. The SMILES string of the molecule is C=C1C(=O)O[C@@H]2/C=C(/COC(C)=O)CC/C=C(/C)CC(OC(C)=O)[C@@H]12. The van der Waals surface area contributed by atoms with Gasteiger partial charge in [0.1, 0.15) is 18.8 Å². The number of fused-ring (bicyclic) bond motifs is 1. The van der Waals surface area contributed by atoms with E-state index in [0.29, 0.717) is 18.4 Å². The van der Waals surface area contributed by atoms with Gasteiger partial charge in [-0.1, -0.05) is 18.2 Å². The number of allylic oxidation sites excluding steroid dienone is 1. The largest absolute Gasteiger partial charge is 0.461 e. The van der Waals surface area contributed by atoms with Gasteiger partial charge in [0.15, 0.2) is 0 Å². The third kappa shape index (κ3) is 5.05. The second kappa shape index (κ2) is 8.14. The number of carbonyl (C=O) groups is 3. The Morgan fingerprint density at radius 3 is 2.68 bits per heavy atom. The van der Waals surface area contributed by atoms with Crippen molar-refractivity contribution in [2.24, 2.45) is 5.92 Å². The summed E-state index contributed by atoms with van der Waals surface area (Å²) in [5.41, 5.74) is 2.22. The van der Waals surface area contributed by atoms with Crippen LogP contribution >= 0.6 is 0 Å². The number of carbonyl (C=O) groups excluding carboxylic acids is 3. The van der Waals surface area contributed by atoms with Crippen LogP contribution in [0.2, 0.25) is 0 Å². The molecule has 6 nitrogen and oxygen atoms in total. The molecular weight excluding hydrogens is 324 g/mol. The van der Waals surface area contributed by atoms with Gasteiger partial charge in [-0.2, -0.15) is 0 Å². The van der Waals surface area contributed by atoms with Crippen LogP contribution in [0.1, 0.15) is 40.0 Å². The molecule has 1 fully saturated rings. The van der Waals surface area contributed by atoms with E-state index in [4.69, 9.17) is 14.2 Å². The van der Waals surface area contributed by atoms with Crippen LogP contribution in [0.25, 0.3) is 0 Å². The van der Waals surface area contributed by atoms with E-state index in [0.717, 1.165) is 17.6 Å². The molecule has 0 amide bonds. The Labute approximate surface area is 147 Å². The van der Waals surface area contributed by atoms with Gasteiger partial charge in [0, 0.05) is 25.8 Å². The zero-order chi connectivity index (χ0) is 18.6. The highest BCUT2D eigenvalue weighted by Gasteiger charge is 2.44. The van der Waals surface area contributed by atoms with Gasteiger partial charge in [-0.3, -0.25) is 9.59 Å². The predicted molar refractivity (Wildman–Crippen MR) is 90.4 cm³/mol. The molecule has 0 spiro atoms. The molecule has 0 aromatic carbocycles. The Balaban J connectivity index is 2.36. The van der Waals surface area contributed by atoms with E-state index in [1.165, 1.54) is 13.8 Å². The zero-order valence-corrected chi connectivity index (χ0v) is 14.9. The highest BCUT2D eigenvalue weighted by atomic mass is 16.6. The van der Waals surface area contributed by atoms with Crippen LogP contribution < -0.4 is 0 Å². The van der Waals surface area contributed by atoms with Crippen LogP contribution in [0.3, 0.4) is 0 Å². The fourth-order valence-electron chi connectivity index (χ4n) is 3.17. The summed E-state index contributed by atoms with van der Waals surface area (Å²) in [6, 6.07) is 0. The summed E-state index contributed by atoms with van der Waals surface area (Å²) >= 11 is 0. The first-order valence-electron chi connectivity index (χ1n) is 8.33. The molecule has 136 valence electrons. The van der Waals surface area contributed by atoms with Crippen molar-refractivity contribution in [3.63, 3.8) is 0 Å². The summed E-state index contributed by atoms with van der Waals surface area (Å²) in [5.74, 6) is -1.72. The smallest absolute Gasteiger partial charge is 0.334 e.